The van der Waals surface area contributed by atoms with Crippen LogP contribution in [0.1, 0.15) is 19.8 Å². The number of carbonyl (C=O) groups excluding carboxylic acids is 1. The van der Waals surface area contributed by atoms with Crippen LogP contribution in [0.5, 0.6) is 5.75 Å². The van der Waals surface area contributed by atoms with Crippen molar-refractivity contribution in [1.82, 2.24) is 4.90 Å². The van der Waals surface area contributed by atoms with Gasteiger partial charge in [-0.15, -0.1) is 0 Å². The molecule has 1 heterocycles. The summed E-state index contributed by atoms with van der Waals surface area (Å²) in [6, 6.07) is 9.66. The monoisotopic (exact) mass is 262 g/mol. The number of benzene rings is 1. The van der Waals surface area contributed by atoms with Crippen LogP contribution in [0.2, 0.25) is 0 Å². The number of para-hydroxylation sites is 1. The van der Waals surface area contributed by atoms with Gasteiger partial charge in [0.1, 0.15) is 5.75 Å². The minimum atomic E-state index is 0.104. The lowest BCUT2D eigenvalue weighted by Gasteiger charge is -2.35. The Labute approximate surface area is 114 Å². The van der Waals surface area contributed by atoms with E-state index in [0.717, 1.165) is 18.7 Å². The molecule has 1 fully saturated rings. The molecule has 1 saturated heterocycles. The summed E-state index contributed by atoms with van der Waals surface area (Å²) in [5.74, 6) is 1.45. The molecule has 0 aromatic heterocycles. The molecule has 0 spiro atoms. The molecule has 1 aromatic rings. The van der Waals surface area contributed by atoms with Gasteiger partial charge in [-0.1, -0.05) is 25.1 Å². The Morgan fingerprint density at radius 3 is 2.84 bits per heavy atom. The summed E-state index contributed by atoms with van der Waals surface area (Å²) < 4.78 is 5.54. The molecule has 2 atom stereocenters. The Morgan fingerprint density at radius 2 is 2.16 bits per heavy atom. The molecule has 2 unspecified atom stereocenters. The number of carbonyl (C=O) groups is 1. The summed E-state index contributed by atoms with van der Waals surface area (Å²) >= 11 is 0. The Balaban J connectivity index is 1.73. The van der Waals surface area contributed by atoms with Gasteiger partial charge in [0.25, 0.3) is 0 Å². The molecule has 2 rings (SSSR count). The third kappa shape index (κ3) is 3.96. The van der Waals surface area contributed by atoms with Crippen molar-refractivity contribution in [3.05, 3.63) is 30.3 Å². The van der Waals surface area contributed by atoms with Crippen LogP contribution in [0.25, 0.3) is 0 Å². The number of amides is 1. The van der Waals surface area contributed by atoms with E-state index in [4.69, 9.17) is 10.5 Å². The summed E-state index contributed by atoms with van der Waals surface area (Å²) in [5.41, 5.74) is 6.00. The first-order valence-corrected chi connectivity index (χ1v) is 6.88. The molecule has 1 aliphatic rings. The average Bonchev–Trinajstić information content (AvgIpc) is 2.43. The highest BCUT2D eigenvalue weighted by molar-refractivity contribution is 5.76. The Hall–Kier alpha value is -1.55. The minimum absolute atomic E-state index is 0.104. The van der Waals surface area contributed by atoms with Crippen LogP contribution in [0.3, 0.4) is 0 Å². The fraction of sp³-hybridized carbons (Fsp3) is 0.533. The van der Waals surface area contributed by atoms with E-state index in [1.165, 1.54) is 0 Å². The second-order valence-corrected chi connectivity index (χ2v) is 5.18. The average molecular weight is 262 g/mol. The second kappa shape index (κ2) is 6.57. The van der Waals surface area contributed by atoms with Gasteiger partial charge in [0.2, 0.25) is 5.91 Å². The fourth-order valence-electron chi connectivity index (χ4n) is 2.26. The van der Waals surface area contributed by atoms with Crippen LogP contribution < -0.4 is 10.5 Å². The highest BCUT2D eigenvalue weighted by Gasteiger charge is 2.25. The van der Waals surface area contributed by atoms with Crippen molar-refractivity contribution in [2.45, 2.75) is 25.8 Å². The van der Waals surface area contributed by atoms with Crippen LogP contribution in [0, 0.1) is 5.92 Å². The lowest BCUT2D eigenvalue weighted by atomic mass is 9.94. The molecule has 2 N–H and O–H groups in total. The molecule has 4 nitrogen and oxygen atoms in total. The Kier molecular flexibility index (Phi) is 4.80. The molecule has 1 aromatic carbocycles. The predicted molar refractivity (Wildman–Crippen MR) is 74.9 cm³/mol. The molecule has 104 valence electrons. The van der Waals surface area contributed by atoms with E-state index in [2.05, 4.69) is 6.92 Å². The molecule has 0 bridgehead atoms. The van der Waals surface area contributed by atoms with E-state index in [-0.39, 0.29) is 11.9 Å². The standard InChI is InChI=1S/C15H22N2O2/c1-12-7-9-17(11-14(12)16)15(18)8-10-19-13-5-3-2-4-6-13/h2-6,12,14H,7-11,16H2,1H3. The molecular weight excluding hydrogens is 240 g/mol. The van der Waals surface area contributed by atoms with E-state index in [9.17, 15) is 4.79 Å². The van der Waals surface area contributed by atoms with E-state index in [1.807, 2.05) is 35.2 Å². The van der Waals surface area contributed by atoms with Crippen molar-refractivity contribution in [2.75, 3.05) is 19.7 Å². The summed E-state index contributed by atoms with van der Waals surface area (Å²) in [5, 5.41) is 0. The van der Waals surface area contributed by atoms with Gasteiger partial charge in [0.05, 0.1) is 13.0 Å². The van der Waals surface area contributed by atoms with Crippen LogP contribution in [0.4, 0.5) is 0 Å². The number of hydrogen-bond acceptors (Lipinski definition) is 3. The first kappa shape index (κ1) is 13.9. The molecule has 0 aliphatic carbocycles. The molecule has 0 radical (unpaired) electrons. The zero-order valence-corrected chi connectivity index (χ0v) is 11.4. The summed E-state index contributed by atoms with van der Waals surface area (Å²) in [7, 11) is 0. The van der Waals surface area contributed by atoms with E-state index in [0.29, 0.717) is 25.5 Å². The molecule has 0 saturated carbocycles. The minimum Gasteiger partial charge on any atom is -0.493 e. The highest BCUT2D eigenvalue weighted by Crippen LogP contribution is 2.16. The maximum absolute atomic E-state index is 12.0. The Bertz CT molecular complexity index is 408. The van der Waals surface area contributed by atoms with Gasteiger partial charge in [0, 0.05) is 19.1 Å². The van der Waals surface area contributed by atoms with Crippen molar-refractivity contribution in [2.24, 2.45) is 11.7 Å². The number of hydrogen-bond donors (Lipinski definition) is 1. The molecule has 1 amide bonds. The first-order valence-electron chi connectivity index (χ1n) is 6.88. The smallest absolute Gasteiger partial charge is 0.226 e. The predicted octanol–water partition coefficient (Wildman–Crippen LogP) is 1.65. The zero-order valence-electron chi connectivity index (χ0n) is 11.4. The van der Waals surface area contributed by atoms with Gasteiger partial charge >= 0.3 is 0 Å². The summed E-state index contributed by atoms with van der Waals surface area (Å²) in [6.45, 7) is 4.06. The largest absolute Gasteiger partial charge is 0.493 e. The SMILES string of the molecule is CC1CCN(C(=O)CCOc2ccccc2)CC1N. The number of likely N-dealkylation sites (tertiary alicyclic amines) is 1. The molecular formula is C15H22N2O2. The maximum Gasteiger partial charge on any atom is 0.226 e. The van der Waals surface area contributed by atoms with Crippen molar-refractivity contribution in [3.8, 4) is 5.75 Å². The maximum atomic E-state index is 12.0. The van der Waals surface area contributed by atoms with Crippen LogP contribution in [-0.4, -0.2) is 36.5 Å². The number of rotatable bonds is 4. The summed E-state index contributed by atoms with van der Waals surface area (Å²) in [4.78, 5) is 13.9. The number of nitrogens with two attached hydrogens (primary N) is 1. The van der Waals surface area contributed by atoms with Gasteiger partial charge in [-0.25, -0.2) is 0 Å². The fourth-order valence-corrected chi connectivity index (χ4v) is 2.26. The lowest BCUT2D eigenvalue weighted by Crippen LogP contribution is -2.49. The molecule has 1 aliphatic heterocycles. The van der Waals surface area contributed by atoms with Crippen molar-refractivity contribution in [1.29, 1.82) is 0 Å². The third-order valence-corrected chi connectivity index (χ3v) is 3.70. The van der Waals surface area contributed by atoms with Gasteiger partial charge in [-0.3, -0.25) is 4.79 Å². The van der Waals surface area contributed by atoms with Gasteiger partial charge < -0.3 is 15.4 Å². The normalized spacial score (nSPS) is 23.2. The molecule has 19 heavy (non-hydrogen) atoms. The third-order valence-electron chi connectivity index (χ3n) is 3.70. The first-order chi connectivity index (χ1) is 9.16. The second-order valence-electron chi connectivity index (χ2n) is 5.18. The van der Waals surface area contributed by atoms with Crippen LogP contribution >= 0.6 is 0 Å². The zero-order chi connectivity index (χ0) is 13.7. The van der Waals surface area contributed by atoms with E-state index >= 15 is 0 Å². The topological polar surface area (TPSA) is 55.6 Å². The van der Waals surface area contributed by atoms with Crippen molar-refractivity contribution >= 4 is 5.91 Å². The highest BCUT2D eigenvalue weighted by atomic mass is 16.5. The summed E-state index contributed by atoms with van der Waals surface area (Å²) in [6.07, 6.45) is 1.41. The quantitative estimate of drug-likeness (QED) is 0.897. The van der Waals surface area contributed by atoms with Crippen LogP contribution in [0.15, 0.2) is 30.3 Å². The van der Waals surface area contributed by atoms with E-state index < -0.39 is 0 Å². The van der Waals surface area contributed by atoms with Gasteiger partial charge in [-0.2, -0.15) is 0 Å². The van der Waals surface area contributed by atoms with Crippen LogP contribution in [-0.2, 0) is 4.79 Å². The number of piperidine rings is 1. The van der Waals surface area contributed by atoms with Crippen molar-refractivity contribution in [3.63, 3.8) is 0 Å². The van der Waals surface area contributed by atoms with Gasteiger partial charge in [-0.05, 0) is 24.5 Å². The van der Waals surface area contributed by atoms with E-state index in [1.54, 1.807) is 0 Å². The molecule has 4 heteroatoms. The van der Waals surface area contributed by atoms with Gasteiger partial charge in [0.15, 0.2) is 0 Å². The number of ether oxygens (including phenoxy) is 1. The van der Waals surface area contributed by atoms with Crippen molar-refractivity contribution < 1.29 is 9.53 Å². The number of nitrogens with zero attached hydrogens (tertiary/aromatic N) is 1. The Morgan fingerprint density at radius 1 is 1.42 bits per heavy atom. The lowest BCUT2D eigenvalue weighted by molar-refractivity contribution is -0.133.